The molecular formula is C16H23N5O4S. The molecule has 142 valence electrons. The normalized spacial score (nSPS) is 14.7. The molecule has 0 bridgehead atoms. The van der Waals surface area contributed by atoms with Gasteiger partial charge in [0.2, 0.25) is 10.0 Å². The highest BCUT2D eigenvalue weighted by Crippen LogP contribution is 2.22. The van der Waals surface area contributed by atoms with Crippen molar-refractivity contribution in [3.8, 4) is 0 Å². The van der Waals surface area contributed by atoms with Gasteiger partial charge in [0.1, 0.15) is 5.82 Å². The summed E-state index contributed by atoms with van der Waals surface area (Å²) in [7, 11) is 1.91. The second-order valence-corrected chi connectivity index (χ2v) is 8.71. The predicted octanol–water partition coefficient (Wildman–Crippen LogP) is -0.483. The molecule has 0 amide bonds. The fourth-order valence-electron chi connectivity index (χ4n) is 3.29. The Hall–Kier alpha value is -2.20. The van der Waals surface area contributed by atoms with Crippen molar-refractivity contribution >= 4 is 10.0 Å². The smallest absolute Gasteiger partial charge is 0.330 e. The molecular weight excluding hydrogens is 358 g/mol. The minimum Gasteiger partial charge on any atom is -0.334 e. The molecule has 2 heterocycles. The van der Waals surface area contributed by atoms with Crippen molar-refractivity contribution in [2.45, 2.75) is 37.1 Å². The van der Waals surface area contributed by atoms with Crippen molar-refractivity contribution in [1.82, 2.24) is 23.0 Å². The van der Waals surface area contributed by atoms with E-state index in [0.717, 1.165) is 56.7 Å². The van der Waals surface area contributed by atoms with Gasteiger partial charge in [0.25, 0.3) is 5.56 Å². The van der Waals surface area contributed by atoms with Gasteiger partial charge in [-0.3, -0.25) is 9.36 Å². The van der Waals surface area contributed by atoms with Crippen molar-refractivity contribution in [3.63, 3.8) is 0 Å². The Labute approximate surface area is 151 Å². The Morgan fingerprint density at radius 2 is 1.77 bits per heavy atom. The van der Waals surface area contributed by atoms with Crippen LogP contribution in [-0.2, 0) is 50.6 Å². The monoisotopic (exact) mass is 381 g/mol. The molecule has 0 atom stereocenters. The Morgan fingerprint density at radius 1 is 1.12 bits per heavy atom. The summed E-state index contributed by atoms with van der Waals surface area (Å²) in [6.45, 7) is 0.0534. The number of fused-ring (bicyclic) bond motifs is 1. The lowest BCUT2D eigenvalue weighted by atomic mass is 10.0. The summed E-state index contributed by atoms with van der Waals surface area (Å²) in [5, 5.41) is 0. The molecule has 0 N–H and O–H groups in total. The number of imidazole rings is 1. The largest absolute Gasteiger partial charge is 0.334 e. The van der Waals surface area contributed by atoms with E-state index in [2.05, 4.69) is 4.98 Å². The SMILES string of the molecule is CN(Cc1nc2c(n1C)CCCC2)S(=O)(=O)c1cn(C)c(=O)n(C)c1=O. The van der Waals surface area contributed by atoms with Gasteiger partial charge in [0.05, 0.1) is 12.2 Å². The van der Waals surface area contributed by atoms with Gasteiger partial charge in [0, 0.05) is 40.1 Å². The van der Waals surface area contributed by atoms with Crippen LogP contribution in [0.25, 0.3) is 0 Å². The van der Waals surface area contributed by atoms with Crippen molar-refractivity contribution < 1.29 is 8.42 Å². The third kappa shape index (κ3) is 2.92. The molecule has 9 nitrogen and oxygen atoms in total. The standard InChI is InChI=1S/C16H23N5O4S/c1-18-9-13(15(22)21(4)16(18)23)26(24,25)19(2)10-14-17-11-7-5-6-8-12(11)20(14)3/h9H,5-8,10H2,1-4H3. The van der Waals surface area contributed by atoms with E-state index >= 15 is 0 Å². The van der Waals surface area contributed by atoms with Crippen LogP contribution in [0, 0.1) is 0 Å². The van der Waals surface area contributed by atoms with E-state index in [0.29, 0.717) is 5.82 Å². The number of sulfonamides is 1. The zero-order valence-electron chi connectivity index (χ0n) is 15.4. The van der Waals surface area contributed by atoms with E-state index in [1.165, 1.54) is 21.1 Å². The highest BCUT2D eigenvalue weighted by atomic mass is 32.2. The number of rotatable bonds is 4. The van der Waals surface area contributed by atoms with Gasteiger partial charge in [-0.1, -0.05) is 0 Å². The number of hydrogen-bond acceptors (Lipinski definition) is 5. The highest BCUT2D eigenvalue weighted by molar-refractivity contribution is 7.89. The van der Waals surface area contributed by atoms with E-state index in [-0.39, 0.29) is 6.54 Å². The molecule has 0 radical (unpaired) electrons. The maximum Gasteiger partial charge on any atom is 0.330 e. The van der Waals surface area contributed by atoms with Crippen LogP contribution in [0.15, 0.2) is 20.7 Å². The minimum atomic E-state index is -4.06. The molecule has 1 aliphatic rings. The second-order valence-electron chi connectivity index (χ2n) is 6.70. The first kappa shape index (κ1) is 18.6. The van der Waals surface area contributed by atoms with Crippen LogP contribution in [0.4, 0.5) is 0 Å². The summed E-state index contributed by atoms with van der Waals surface area (Å²) >= 11 is 0. The highest BCUT2D eigenvalue weighted by Gasteiger charge is 2.28. The molecule has 0 spiro atoms. The average molecular weight is 381 g/mol. The molecule has 2 aromatic rings. The molecule has 1 aliphatic carbocycles. The lowest BCUT2D eigenvalue weighted by molar-refractivity contribution is 0.447. The summed E-state index contributed by atoms with van der Waals surface area (Å²) in [5.41, 5.74) is 0.764. The molecule has 0 saturated heterocycles. The minimum absolute atomic E-state index is 0.0534. The van der Waals surface area contributed by atoms with Crippen LogP contribution in [0.3, 0.4) is 0 Å². The average Bonchev–Trinajstić information content (AvgIpc) is 2.92. The molecule has 0 unspecified atom stereocenters. The van der Waals surface area contributed by atoms with Crippen LogP contribution >= 0.6 is 0 Å². The Morgan fingerprint density at radius 3 is 2.42 bits per heavy atom. The Bertz CT molecular complexity index is 1080. The molecule has 10 heteroatoms. The molecule has 0 aromatic carbocycles. The van der Waals surface area contributed by atoms with Crippen LogP contribution < -0.4 is 11.2 Å². The van der Waals surface area contributed by atoms with E-state index < -0.39 is 26.2 Å². The van der Waals surface area contributed by atoms with Crippen molar-refractivity contribution in [3.05, 3.63) is 44.2 Å². The maximum atomic E-state index is 12.9. The zero-order chi connectivity index (χ0) is 19.2. The number of aromatic nitrogens is 4. The zero-order valence-corrected chi connectivity index (χ0v) is 16.2. The van der Waals surface area contributed by atoms with E-state index in [1.54, 1.807) is 0 Å². The molecule has 3 rings (SSSR count). The van der Waals surface area contributed by atoms with Gasteiger partial charge in [-0.15, -0.1) is 0 Å². The molecule has 0 fully saturated rings. The first-order valence-corrected chi connectivity index (χ1v) is 9.85. The number of hydrogen-bond donors (Lipinski definition) is 0. The summed E-state index contributed by atoms with van der Waals surface area (Å²) in [5.74, 6) is 0.643. The molecule has 0 saturated carbocycles. The van der Waals surface area contributed by atoms with E-state index in [9.17, 15) is 18.0 Å². The third-order valence-corrected chi connectivity index (χ3v) is 6.72. The first-order valence-electron chi connectivity index (χ1n) is 8.41. The van der Waals surface area contributed by atoms with E-state index in [4.69, 9.17) is 0 Å². The number of aryl methyl sites for hydroxylation is 2. The van der Waals surface area contributed by atoms with Crippen molar-refractivity contribution in [2.75, 3.05) is 7.05 Å². The molecule has 0 aliphatic heterocycles. The molecule has 26 heavy (non-hydrogen) atoms. The van der Waals surface area contributed by atoms with Crippen LogP contribution in [0.2, 0.25) is 0 Å². The quantitative estimate of drug-likeness (QED) is 0.712. The lowest BCUT2D eigenvalue weighted by Gasteiger charge is -2.17. The van der Waals surface area contributed by atoms with Gasteiger partial charge < -0.3 is 9.13 Å². The Kier molecular flexibility index (Phi) is 4.65. The maximum absolute atomic E-state index is 12.9. The number of nitrogens with zero attached hydrogens (tertiary/aromatic N) is 5. The molecule has 2 aromatic heterocycles. The van der Waals surface area contributed by atoms with Gasteiger partial charge in [0.15, 0.2) is 4.90 Å². The van der Waals surface area contributed by atoms with Crippen LogP contribution in [0.5, 0.6) is 0 Å². The van der Waals surface area contributed by atoms with Crippen LogP contribution in [0.1, 0.15) is 30.1 Å². The summed E-state index contributed by atoms with van der Waals surface area (Å²) < 4.78 is 30.7. The van der Waals surface area contributed by atoms with Gasteiger partial charge in [-0.05, 0) is 25.7 Å². The third-order valence-electron chi connectivity index (χ3n) is 4.93. The topological polar surface area (TPSA) is 99.2 Å². The van der Waals surface area contributed by atoms with Gasteiger partial charge >= 0.3 is 5.69 Å². The second kappa shape index (κ2) is 6.51. The van der Waals surface area contributed by atoms with Crippen molar-refractivity contribution in [1.29, 1.82) is 0 Å². The van der Waals surface area contributed by atoms with Crippen LogP contribution in [-0.4, -0.2) is 38.5 Å². The van der Waals surface area contributed by atoms with E-state index in [1.807, 2.05) is 11.6 Å². The fourth-order valence-corrected chi connectivity index (χ4v) is 4.56. The van der Waals surface area contributed by atoms with Crippen molar-refractivity contribution in [2.24, 2.45) is 21.1 Å². The first-order chi connectivity index (χ1) is 12.1. The van der Waals surface area contributed by atoms with Gasteiger partial charge in [-0.25, -0.2) is 18.2 Å². The lowest BCUT2D eigenvalue weighted by Crippen LogP contribution is -2.41. The summed E-state index contributed by atoms with van der Waals surface area (Å²) in [6.07, 6.45) is 5.11. The van der Waals surface area contributed by atoms with Gasteiger partial charge in [-0.2, -0.15) is 4.31 Å². The Balaban J connectivity index is 1.98. The summed E-state index contributed by atoms with van der Waals surface area (Å²) in [6, 6.07) is 0. The fraction of sp³-hybridized carbons (Fsp3) is 0.562. The predicted molar refractivity (Wildman–Crippen MR) is 95.4 cm³/mol. The summed E-state index contributed by atoms with van der Waals surface area (Å²) in [4.78, 5) is 28.2.